The molecule has 0 aromatic heterocycles. The lowest BCUT2D eigenvalue weighted by atomic mass is 9.79. The van der Waals surface area contributed by atoms with E-state index in [0.29, 0.717) is 0 Å². The highest BCUT2D eigenvalue weighted by Crippen LogP contribution is 2.49. The fourth-order valence-electron chi connectivity index (χ4n) is 2.60. The molecule has 0 N–H and O–H groups in total. The van der Waals surface area contributed by atoms with E-state index in [9.17, 15) is 4.79 Å². The predicted molar refractivity (Wildman–Crippen MR) is 58.3 cm³/mol. The number of esters is 1. The molecule has 0 unspecified atom stereocenters. The zero-order chi connectivity index (χ0) is 11.1. The van der Waals surface area contributed by atoms with Gasteiger partial charge in [-0.3, -0.25) is 4.79 Å². The lowest BCUT2D eigenvalue weighted by Crippen LogP contribution is -2.45. The Bertz CT molecular complexity index is 334. The first-order valence-electron chi connectivity index (χ1n) is 5.23. The van der Waals surface area contributed by atoms with Crippen LogP contribution in [0.25, 0.3) is 0 Å². The monoisotopic (exact) mass is 225 g/mol. The van der Waals surface area contributed by atoms with Crippen molar-refractivity contribution in [2.45, 2.75) is 43.5 Å². The summed E-state index contributed by atoms with van der Waals surface area (Å²) in [4.78, 5) is 11.3. The minimum atomic E-state index is -0.486. The standard InChI is InChI=1S/C11H15NO2S/c1-10(2)7-11(3-4-15-10)8(6-12)5-9(13)14-11/h8H,3-5,7H2,1-2H3/t8-,11+/m0/s1. The van der Waals surface area contributed by atoms with Gasteiger partial charge >= 0.3 is 5.97 Å². The van der Waals surface area contributed by atoms with Gasteiger partial charge < -0.3 is 4.74 Å². The molecule has 2 atom stereocenters. The molecule has 82 valence electrons. The molecule has 0 aromatic rings. The Balaban J connectivity index is 2.25. The average Bonchev–Trinajstić information content (AvgIpc) is 2.39. The highest BCUT2D eigenvalue weighted by Gasteiger charge is 2.53. The summed E-state index contributed by atoms with van der Waals surface area (Å²) in [5.41, 5.74) is -0.486. The maximum atomic E-state index is 11.3. The smallest absolute Gasteiger partial charge is 0.307 e. The van der Waals surface area contributed by atoms with Crippen molar-refractivity contribution >= 4 is 17.7 Å². The van der Waals surface area contributed by atoms with E-state index in [1.807, 2.05) is 11.8 Å². The topological polar surface area (TPSA) is 50.1 Å². The molecule has 2 fully saturated rings. The molecule has 0 aromatic carbocycles. The van der Waals surface area contributed by atoms with Gasteiger partial charge in [-0.1, -0.05) is 13.8 Å². The van der Waals surface area contributed by atoms with Gasteiger partial charge in [0.2, 0.25) is 0 Å². The van der Waals surface area contributed by atoms with Crippen molar-refractivity contribution in [2.24, 2.45) is 5.92 Å². The maximum absolute atomic E-state index is 11.3. The first kappa shape index (κ1) is 10.8. The van der Waals surface area contributed by atoms with Crippen LogP contribution in [-0.4, -0.2) is 22.1 Å². The summed E-state index contributed by atoms with van der Waals surface area (Å²) in [6, 6.07) is 2.24. The molecule has 0 bridgehead atoms. The van der Waals surface area contributed by atoms with E-state index in [2.05, 4.69) is 19.9 Å². The molecule has 2 rings (SSSR count). The first-order valence-corrected chi connectivity index (χ1v) is 6.21. The highest BCUT2D eigenvalue weighted by molar-refractivity contribution is 8.00. The minimum Gasteiger partial charge on any atom is -0.458 e. The summed E-state index contributed by atoms with van der Waals surface area (Å²) in [7, 11) is 0. The van der Waals surface area contributed by atoms with Crippen LogP contribution < -0.4 is 0 Å². The summed E-state index contributed by atoms with van der Waals surface area (Å²) < 4.78 is 5.56. The van der Waals surface area contributed by atoms with Crippen LogP contribution in [0.3, 0.4) is 0 Å². The molecule has 15 heavy (non-hydrogen) atoms. The molecule has 0 amide bonds. The lowest BCUT2D eigenvalue weighted by Gasteiger charge is -2.42. The van der Waals surface area contributed by atoms with Crippen molar-refractivity contribution in [2.75, 3.05) is 5.75 Å². The van der Waals surface area contributed by atoms with E-state index in [4.69, 9.17) is 10.00 Å². The fraction of sp³-hybridized carbons (Fsp3) is 0.818. The Morgan fingerprint density at radius 1 is 1.60 bits per heavy atom. The molecule has 2 aliphatic rings. The van der Waals surface area contributed by atoms with Crippen molar-refractivity contribution in [3.63, 3.8) is 0 Å². The van der Waals surface area contributed by atoms with E-state index in [-0.39, 0.29) is 23.1 Å². The molecule has 2 heterocycles. The van der Waals surface area contributed by atoms with Gasteiger partial charge in [-0.15, -0.1) is 0 Å². The quantitative estimate of drug-likeness (QED) is 0.592. The molecule has 0 saturated carbocycles. The van der Waals surface area contributed by atoms with Crippen molar-refractivity contribution < 1.29 is 9.53 Å². The van der Waals surface area contributed by atoms with E-state index in [1.54, 1.807) is 0 Å². The van der Waals surface area contributed by atoms with Gasteiger partial charge in [-0.25, -0.2) is 0 Å². The Kier molecular flexibility index (Phi) is 2.46. The number of rotatable bonds is 0. The van der Waals surface area contributed by atoms with Crippen molar-refractivity contribution in [3.8, 4) is 6.07 Å². The number of thioether (sulfide) groups is 1. The van der Waals surface area contributed by atoms with E-state index in [1.165, 1.54) is 0 Å². The second-order valence-electron chi connectivity index (χ2n) is 4.96. The average molecular weight is 225 g/mol. The van der Waals surface area contributed by atoms with Gasteiger partial charge in [0, 0.05) is 11.2 Å². The summed E-state index contributed by atoms with van der Waals surface area (Å²) >= 11 is 1.89. The largest absolute Gasteiger partial charge is 0.458 e. The third-order valence-electron chi connectivity index (χ3n) is 3.22. The predicted octanol–water partition coefficient (Wildman–Crippen LogP) is 2.12. The Labute approximate surface area is 94.2 Å². The normalized spacial score (nSPS) is 38.7. The zero-order valence-electron chi connectivity index (χ0n) is 9.08. The summed E-state index contributed by atoms with van der Waals surface area (Å²) in [6.07, 6.45) is 1.90. The molecular formula is C11H15NO2S. The molecule has 2 aliphatic heterocycles. The van der Waals surface area contributed by atoms with Gasteiger partial charge in [0.25, 0.3) is 0 Å². The van der Waals surface area contributed by atoms with Gasteiger partial charge in [0.15, 0.2) is 0 Å². The number of carbonyl (C=O) groups is 1. The number of carbonyl (C=O) groups excluding carboxylic acids is 1. The van der Waals surface area contributed by atoms with Crippen LogP contribution in [-0.2, 0) is 9.53 Å². The molecule has 1 spiro atoms. The molecule has 0 aliphatic carbocycles. The van der Waals surface area contributed by atoms with Gasteiger partial charge in [-0.05, 0) is 12.2 Å². The molecule has 2 saturated heterocycles. The van der Waals surface area contributed by atoms with Crippen LogP contribution in [0.15, 0.2) is 0 Å². The third kappa shape index (κ3) is 1.85. The Morgan fingerprint density at radius 2 is 2.33 bits per heavy atom. The first-order chi connectivity index (χ1) is 6.97. The van der Waals surface area contributed by atoms with Crippen LogP contribution in [0, 0.1) is 17.2 Å². The maximum Gasteiger partial charge on any atom is 0.307 e. The Hall–Kier alpha value is -0.690. The van der Waals surface area contributed by atoms with Crippen LogP contribution in [0.5, 0.6) is 0 Å². The van der Waals surface area contributed by atoms with Gasteiger partial charge in [0.05, 0.1) is 18.4 Å². The number of nitrogens with zero attached hydrogens (tertiary/aromatic N) is 1. The highest BCUT2D eigenvalue weighted by atomic mass is 32.2. The van der Waals surface area contributed by atoms with Crippen molar-refractivity contribution in [3.05, 3.63) is 0 Å². The van der Waals surface area contributed by atoms with Crippen LogP contribution >= 0.6 is 11.8 Å². The second kappa shape index (κ2) is 3.41. The van der Waals surface area contributed by atoms with Crippen LogP contribution in [0.1, 0.15) is 33.1 Å². The molecule has 3 nitrogen and oxygen atoms in total. The number of hydrogen-bond donors (Lipinski definition) is 0. The number of nitriles is 1. The zero-order valence-corrected chi connectivity index (χ0v) is 9.89. The molecule has 0 radical (unpaired) electrons. The van der Waals surface area contributed by atoms with Crippen LogP contribution in [0.2, 0.25) is 0 Å². The van der Waals surface area contributed by atoms with E-state index >= 15 is 0 Å². The fourth-order valence-corrected chi connectivity index (χ4v) is 3.95. The molecule has 4 heteroatoms. The molecular weight excluding hydrogens is 210 g/mol. The second-order valence-corrected chi connectivity index (χ2v) is 6.76. The van der Waals surface area contributed by atoms with Gasteiger partial charge in [0.1, 0.15) is 5.60 Å². The third-order valence-corrected chi connectivity index (χ3v) is 4.56. The van der Waals surface area contributed by atoms with E-state index < -0.39 is 5.60 Å². The SMILES string of the molecule is CC1(C)C[C@@]2(CCS1)OC(=O)C[C@H]2C#N. The van der Waals surface area contributed by atoms with Crippen LogP contribution in [0.4, 0.5) is 0 Å². The van der Waals surface area contributed by atoms with Crippen molar-refractivity contribution in [1.82, 2.24) is 0 Å². The summed E-state index contributed by atoms with van der Waals surface area (Å²) in [5, 5.41) is 9.08. The summed E-state index contributed by atoms with van der Waals surface area (Å²) in [6.45, 7) is 4.30. The number of hydrogen-bond acceptors (Lipinski definition) is 4. The Morgan fingerprint density at radius 3 is 2.93 bits per heavy atom. The van der Waals surface area contributed by atoms with E-state index in [0.717, 1.165) is 18.6 Å². The number of ether oxygens (including phenoxy) is 1. The van der Waals surface area contributed by atoms with Crippen molar-refractivity contribution in [1.29, 1.82) is 5.26 Å². The summed E-state index contributed by atoms with van der Waals surface area (Å²) in [5.74, 6) is 0.521. The minimum absolute atomic E-state index is 0.109. The lowest BCUT2D eigenvalue weighted by molar-refractivity contribution is -0.150. The van der Waals surface area contributed by atoms with Gasteiger partial charge in [-0.2, -0.15) is 17.0 Å².